The highest BCUT2D eigenvalue weighted by Gasteiger charge is 2.30. The second kappa shape index (κ2) is 7.14. The monoisotopic (exact) mass is 292 g/mol. The molecule has 2 unspecified atom stereocenters. The highest BCUT2D eigenvalue weighted by Crippen LogP contribution is 2.32. The molecule has 0 spiro atoms. The Kier molecular flexibility index (Phi) is 5.49. The molecule has 2 N–H and O–H groups in total. The van der Waals surface area contributed by atoms with Crippen molar-refractivity contribution in [2.24, 2.45) is 5.73 Å². The molecule has 1 aromatic carbocycles. The number of carbonyl (C=O) groups is 1. The maximum Gasteiger partial charge on any atom is 0.253 e. The number of rotatable bonds is 5. The lowest BCUT2D eigenvalue weighted by Crippen LogP contribution is -2.35. The van der Waals surface area contributed by atoms with Gasteiger partial charge in [0.25, 0.3) is 5.91 Å². The Labute approximate surface area is 125 Å². The van der Waals surface area contributed by atoms with Crippen molar-refractivity contribution in [1.29, 1.82) is 0 Å². The van der Waals surface area contributed by atoms with Crippen molar-refractivity contribution in [3.8, 4) is 0 Å². The fourth-order valence-corrected chi connectivity index (χ4v) is 3.94. The first kappa shape index (κ1) is 15.4. The van der Waals surface area contributed by atoms with Crippen molar-refractivity contribution in [2.75, 3.05) is 12.8 Å². The van der Waals surface area contributed by atoms with Gasteiger partial charge in [0, 0.05) is 30.4 Å². The fourth-order valence-electron chi connectivity index (χ4n) is 2.81. The summed E-state index contributed by atoms with van der Waals surface area (Å²) in [5, 5.41) is 0.722. The van der Waals surface area contributed by atoms with Gasteiger partial charge >= 0.3 is 0 Å². The van der Waals surface area contributed by atoms with Crippen molar-refractivity contribution in [2.45, 2.75) is 44.0 Å². The molecule has 1 fully saturated rings. The molecular formula is C16H24N2OS. The predicted molar refractivity (Wildman–Crippen MR) is 86.0 cm³/mol. The number of hydrogen-bond acceptors (Lipinski definition) is 3. The number of nitrogens with zero attached hydrogens (tertiary/aromatic N) is 1. The Balaban J connectivity index is 1.97. The van der Waals surface area contributed by atoms with Crippen molar-refractivity contribution >= 4 is 17.7 Å². The van der Waals surface area contributed by atoms with Crippen LogP contribution in [0.25, 0.3) is 0 Å². The number of benzene rings is 1. The molecule has 0 bridgehead atoms. The zero-order chi connectivity index (χ0) is 14.5. The zero-order valence-corrected chi connectivity index (χ0v) is 13.2. The van der Waals surface area contributed by atoms with Crippen molar-refractivity contribution in [3.05, 3.63) is 35.4 Å². The van der Waals surface area contributed by atoms with E-state index in [0.717, 1.165) is 35.0 Å². The normalized spacial score (nSPS) is 21.9. The minimum absolute atomic E-state index is 0.126. The Morgan fingerprint density at radius 3 is 2.65 bits per heavy atom. The Morgan fingerprint density at radius 2 is 2.05 bits per heavy atom. The summed E-state index contributed by atoms with van der Waals surface area (Å²) in [5.74, 6) is 1.29. The molecule has 1 aliphatic carbocycles. The predicted octanol–water partition coefficient (Wildman–Crippen LogP) is 2.89. The number of carbonyl (C=O) groups excluding carboxylic acids is 1. The van der Waals surface area contributed by atoms with E-state index in [9.17, 15) is 4.79 Å². The molecule has 0 heterocycles. The molecular weight excluding hydrogens is 268 g/mol. The summed E-state index contributed by atoms with van der Waals surface area (Å²) in [7, 11) is 1.93. The molecule has 0 aliphatic heterocycles. The van der Waals surface area contributed by atoms with Crippen LogP contribution in [0.4, 0.5) is 0 Å². The van der Waals surface area contributed by atoms with E-state index in [1.54, 1.807) is 0 Å². The van der Waals surface area contributed by atoms with Crippen LogP contribution >= 0.6 is 11.8 Å². The van der Waals surface area contributed by atoms with Crippen molar-refractivity contribution < 1.29 is 4.79 Å². The quantitative estimate of drug-likeness (QED) is 0.907. The first-order valence-electron chi connectivity index (χ1n) is 7.33. The number of thioether (sulfide) groups is 1. The average Bonchev–Trinajstić information content (AvgIpc) is 2.95. The van der Waals surface area contributed by atoms with E-state index in [4.69, 9.17) is 5.73 Å². The van der Waals surface area contributed by atoms with Gasteiger partial charge in [-0.25, -0.2) is 0 Å². The van der Waals surface area contributed by atoms with Gasteiger partial charge in [-0.2, -0.15) is 11.8 Å². The van der Waals surface area contributed by atoms with Gasteiger partial charge in [0.15, 0.2) is 0 Å². The van der Waals surface area contributed by atoms with Crippen LogP contribution in [-0.4, -0.2) is 34.9 Å². The second-order valence-corrected chi connectivity index (χ2v) is 6.94. The second-order valence-electron chi connectivity index (χ2n) is 5.36. The lowest BCUT2D eigenvalue weighted by molar-refractivity contribution is 0.0735. The SMILES string of the molecule is CCSC1CCC(N(C)C(=O)c2ccc(CN)cc2)C1. The number of hydrogen-bond donors (Lipinski definition) is 1. The van der Waals surface area contributed by atoms with Crippen LogP contribution in [0.3, 0.4) is 0 Å². The summed E-state index contributed by atoms with van der Waals surface area (Å²) in [6, 6.07) is 8.03. The van der Waals surface area contributed by atoms with Crippen LogP contribution < -0.4 is 5.73 Å². The van der Waals surface area contributed by atoms with E-state index < -0.39 is 0 Å². The third kappa shape index (κ3) is 3.55. The third-order valence-electron chi connectivity index (χ3n) is 4.06. The summed E-state index contributed by atoms with van der Waals surface area (Å²) in [5.41, 5.74) is 7.40. The summed E-state index contributed by atoms with van der Waals surface area (Å²) in [6.07, 6.45) is 3.48. The van der Waals surface area contributed by atoms with Crippen LogP contribution in [0.5, 0.6) is 0 Å². The zero-order valence-electron chi connectivity index (χ0n) is 12.3. The molecule has 110 valence electrons. The molecule has 1 aliphatic rings. The summed E-state index contributed by atoms with van der Waals surface area (Å²) in [6.45, 7) is 2.72. The van der Waals surface area contributed by atoms with Crippen molar-refractivity contribution in [3.63, 3.8) is 0 Å². The molecule has 1 saturated carbocycles. The highest BCUT2D eigenvalue weighted by molar-refractivity contribution is 7.99. The molecule has 4 heteroatoms. The Morgan fingerprint density at radius 1 is 1.35 bits per heavy atom. The van der Waals surface area contributed by atoms with E-state index in [0.29, 0.717) is 12.6 Å². The standard InChI is InChI=1S/C16H24N2OS/c1-3-20-15-9-8-14(10-15)18(2)16(19)13-6-4-12(11-17)5-7-13/h4-7,14-15H,3,8-11,17H2,1-2H3. The third-order valence-corrected chi connectivity index (χ3v) is 5.30. The molecule has 3 nitrogen and oxygen atoms in total. The fraction of sp³-hybridized carbons (Fsp3) is 0.562. The van der Waals surface area contributed by atoms with E-state index in [2.05, 4.69) is 6.92 Å². The number of nitrogens with two attached hydrogens (primary N) is 1. The van der Waals surface area contributed by atoms with Gasteiger partial charge in [-0.05, 0) is 42.7 Å². The van der Waals surface area contributed by atoms with Gasteiger partial charge < -0.3 is 10.6 Å². The lowest BCUT2D eigenvalue weighted by atomic mass is 10.1. The average molecular weight is 292 g/mol. The van der Waals surface area contributed by atoms with E-state index in [-0.39, 0.29) is 5.91 Å². The van der Waals surface area contributed by atoms with Gasteiger partial charge in [0.2, 0.25) is 0 Å². The molecule has 20 heavy (non-hydrogen) atoms. The Hall–Kier alpha value is -1.00. The summed E-state index contributed by atoms with van der Waals surface area (Å²) < 4.78 is 0. The van der Waals surface area contributed by atoms with Gasteiger partial charge in [0.05, 0.1) is 0 Å². The van der Waals surface area contributed by atoms with E-state index in [1.165, 1.54) is 6.42 Å². The molecule has 2 rings (SSSR count). The van der Waals surface area contributed by atoms with Crippen LogP contribution in [0.15, 0.2) is 24.3 Å². The molecule has 1 amide bonds. The van der Waals surface area contributed by atoms with Crippen LogP contribution in [-0.2, 0) is 6.54 Å². The minimum atomic E-state index is 0.126. The minimum Gasteiger partial charge on any atom is -0.339 e. The Bertz CT molecular complexity index is 446. The molecule has 0 aromatic heterocycles. The van der Waals surface area contributed by atoms with Gasteiger partial charge in [-0.1, -0.05) is 19.1 Å². The lowest BCUT2D eigenvalue weighted by Gasteiger charge is -2.25. The van der Waals surface area contributed by atoms with Gasteiger partial charge in [-0.15, -0.1) is 0 Å². The smallest absolute Gasteiger partial charge is 0.253 e. The first-order valence-corrected chi connectivity index (χ1v) is 8.38. The molecule has 2 atom stereocenters. The maximum absolute atomic E-state index is 12.5. The van der Waals surface area contributed by atoms with Gasteiger partial charge in [-0.3, -0.25) is 4.79 Å². The summed E-state index contributed by atoms with van der Waals surface area (Å²) in [4.78, 5) is 14.4. The van der Waals surface area contributed by atoms with E-state index >= 15 is 0 Å². The van der Waals surface area contributed by atoms with Crippen LogP contribution in [0.1, 0.15) is 42.1 Å². The van der Waals surface area contributed by atoms with Gasteiger partial charge in [0.1, 0.15) is 0 Å². The van der Waals surface area contributed by atoms with Crippen LogP contribution in [0.2, 0.25) is 0 Å². The maximum atomic E-state index is 12.5. The summed E-state index contributed by atoms with van der Waals surface area (Å²) >= 11 is 2.02. The van der Waals surface area contributed by atoms with E-state index in [1.807, 2.05) is 48.0 Å². The molecule has 0 saturated heterocycles. The number of amides is 1. The molecule has 0 radical (unpaired) electrons. The first-order chi connectivity index (χ1) is 9.65. The van der Waals surface area contributed by atoms with Crippen LogP contribution in [0, 0.1) is 0 Å². The molecule has 1 aromatic rings. The highest BCUT2D eigenvalue weighted by atomic mass is 32.2. The largest absolute Gasteiger partial charge is 0.339 e. The van der Waals surface area contributed by atoms with Crippen molar-refractivity contribution in [1.82, 2.24) is 4.90 Å². The topological polar surface area (TPSA) is 46.3 Å².